The molecule has 6 nitrogen and oxygen atoms in total. The fourth-order valence-electron chi connectivity index (χ4n) is 3.82. The normalized spacial score (nSPS) is 13.2. The molecule has 4 aromatic rings. The van der Waals surface area contributed by atoms with E-state index in [1.54, 1.807) is 22.8 Å². The van der Waals surface area contributed by atoms with Crippen LogP contribution in [0.4, 0.5) is 5.69 Å². The quantitative estimate of drug-likeness (QED) is 0.490. The zero-order valence-corrected chi connectivity index (χ0v) is 17.9. The van der Waals surface area contributed by atoms with Crippen LogP contribution in [0.3, 0.4) is 0 Å². The Morgan fingerprint density at radius 3 is 2.44 bits per heavy atom. The van der Waals surface area contributed by atoms with Crippen molar-refractivity contribution < 1.29 is 9.59 Å². The van der Waals surface area contributed by atoms with Gasteiger partial charge in [-0.3, -0.25) is 9.59 Å². The molecule has 6 heteroatoms. The van der Waals surface area contributed by atoms with Crippen molar-refractivity contribution in [2.24, 2.45) is 5.92 Å². The van der Waals surface area contributed by atoms with Crippen LogP contribution in [-0.4, -0.2) is 33.5 Å². The van der Waals surface area contributed by atoms with Gasteiger partial charge in [0.15, 0.2) is 0 Å². The van der Waals surface area contributed by atoms with E-state index in [2.05, 4.69) is 10.4 Å². The van der Waals surface area contributed by atoms with Crippen LogP contribution in [0.15, 0.2) is 79.1 Å². The SMILES string of the molecule is CN(Cc1cnn(-c2ccccc2)c1)C(=O)c1cc2ccccc2cc1NC(=O)C1CC1. The van der Waals surface area contributed by atoms with Crippen molar-refractivity contribution in [2.75, 3.05) is 12.4 Å². The van der Waals surface area contributed by atoms with Gasteiger partial charge < -0.3 is 10.2 Å². The van der Waals surface area contributed by atoms with Crippen LogP contribution < -0.4 is 5.32 Å². The highest BCUT2D eigenvalue weighted by molar-refractivity contribution is 6.08. The van der Waals surface area contributed by atoms with Crippen molar-refractivity contribution >= 4 is 28.3 Å². The molecule has 2 amide bonds. The molecule has 1 aromatic heterocycles. The highest BCUT2D eigenvalue weighted by Crippen LogP contribution is 2.32. The van der Waals surface area contributed by atoms with Gasteiger partial charge >= 0.3 is 0 Å². The largest absolute Gasteiger partial charge is 0.337 e. The van der Waals surface area contributed by atoms with E-state index in [0.29, 0.717) is 17.8 Å². The number of nitrogens with one attached hydrogen (secondary N) is 1. The Balaban J connectivity index is 1.40. The lowest BCUT2D eigenvalue weighted by Crippen LogP contribution is -2.27. The molecular weight excluding hydrogens is 400 g/mol. The van der Waals surface area contributed by atoms with Gasteiger partial charge in [0.05, 0.1) is 23.1 Å². The molecule has 0 atom stereocenters. The first kappa shape index (κ1) is 20.0. The van der Waals surface area contributed by atoms with Gasteiger partial charge in [0.2, 0.25) is 5.91 Å². The maximum atomic E-state index is 13.4. The van der Waals surface area contributed by atoms with Crippen LogP contribution in [-0.2, 0) is 11.3 Å². The highest BCUT2D eigenvalue weighted by Gasteiger charge is 2.30. The zero-order valence-electron chi connectivity index (χ0n) is 17.9. The molecule has 1 heterocycles. The second kappa shape index (κ2) is 8.30. The number of anilines is 1. The van der Waals surface area contributed by atoms with Gasteiger partial charge in [-0.25, -0.2) is 4.68 Å². The third-order valence-corrected chi connectivity index (χ3v) is 5.75. The van der Waals surface area contributed by atoms with Crippen molar-refractivity contribution in [2.45, 2.75) is 19.4 Å². The second-order valence-corrected chi connectivity index (χ2v) is 8.30. The summed E-state index contributed by atoms with van der Waals surface area (Å²) in [6.45, 7) is 0.411. The van der Waals surface area contributed by atoms with Crippen molar-refractivity contribution in [3.63, 3.8) is 0 Å². The van der Waals surface area contributed by atoms with Crippen LogP contribution in [0.2, 0.25) is 0 Å². The Kier molecular flexibility index (Phi) is 5.19. The fraction of sp³-hybridized carbons (Fsp3) is 0.192. The molecule has 5 rings (SSSR count). The summed E-state index contributed by atoms with van der Waals surface area (Å²) in [5.41, 5.74) is 2.95. The van der Waals surface area contributed by atoms with Crippen molar-refractivity contribution in [1.82, 2.24) is 14.7 Å². The summed E-state index contributed by atoms with van der Waals surface area (Å²) in [5, 5.41) is 9.36. The molecule has 1 aliphatic rings. The van der Waals surface area contributed by atoms with E-state index in [9.17, 15) is 9.59 Å². The van der Waals surface area contributed by atoms with Gasteiger partial charge in [0, 0.05) is 31.3 Å². The number of rotatable bonds is 6. The van der Waals surface area contributed by atoms with Gasteiger partial charge in [0.25, 0.3) is 5.91 Å². The maximum Gasteiger partial charge on any atom is 0.256 e. The monoisotopic (exact) mass is 424 g/mol. The molecule has 1 saturated carbocycles. The number of benzene rings is 3. The Morgan fingerprint density at radius 1 is 1.03 bits per heavy atom. The lowest BCUT2D eigenvalue weighted by molar-refractivity contribution is -0.117. The highest BCUT2D eigenvalue weighted by atomic mass is 16.2. The Bertz CT molecular complexity index is 1290. The molecule has 32 heavy (non-hydrogen) atoms. The summed E-state index contributed by atoms with van der Waals surface area (Å²) in [4.78, 5) is 27.5. The minimum Gasteiger partial charge on any atom is -0.337 e. The van der Waals surface area contributed by atoms with E-state index >= 15 is 0 Å². The fourth-order valence-corrected chi connectivity index (χ4v) is 3.82. The summed E-state index contributed by atoms with van der Waals surface area (Å²) >= 11 is 0. The minimum absolute atomic E-state index is 0.0129. The van der Waals surface area contributed by atoms with E-state index in [-0.39, 0.29) is 17.7 Å². The Labute approximate surface area is 186 Å². The van der Waals surface area contributed by atoms with Gasteiger partial charge in [-0.15, -0.1) is 0 Å². The molecule has 0 spiro atoms. The first-order chi connectivity index (χ1) is 15.6. The smallest absolute Gasteiger partial charge is 0.256 e. The maximum absolute atomic E-state index is 13.4. The van der Waals surface area contributed by atoms with E-state index in [1.165, 1.54) is 0 Å². The molecule has 0 aliphatic heterocycles. The number of hydrogen-bond acceptors (Lipinski definition) is 3. The lowest BCUT2D eigenvalue weighted by atomic mass is 10.0. The average Bonchev–Trinajstić information content (AvgIpc) is 3.58. The van der Waals surface area contributed by atoms with Gasteiger partial charge in [0.1, 0.15) is 0 Å². The van der Waals surface area contributed by atoms with E-state index < -0.39 is 0 Å². The molecule has 1 aliphatic carbocycles. The number of amides is 2. The second-order valence-electron chi connectivity index (χ2n) is 8.30. The Morgan fingerprint density at radius 2 is 1.72 bits per heavy atom. The number of nitrogens with zero attached hydrogens (tertiary/aromatic N) is 3. The summed E-state index contributed by atoms with van der Waals surface area (Å²) in [7, 11) is 1.77. The molecule has 160 valence electrons. The Hall–Kier alpha value is -3.93. The summed E-state index contributed by atoms with van der Waals surface area (Å²) in [6, 6.07) is 21.5. The van der Waals surface area contributed by atoms with Crippen LogP contribution in [0.5, 0.6) is 0 Å². The molecule has 3 aromatic carbocycles. The third kappa shape index (κ3) is 4.12. The summed E-state index contributed by atoms with van der Waals surface area (Å²) < 4.78 is 1.80. The molecule has 0 saturated heterocycles. The van der Waals surface area contributed by atoms with Crippen molar-refractivity contribution in [3.8, 4) is 5.69 Å². The molecule has 1 N–H and O–H groups in total. The zero-order chi connectivity index (χ0) is 22.1. The standard InChI is InChI=1S/C26H24N4O2/c1-29(16-18-15-27-30(17-18)22-9-3-2-4-10-22)26(32)23-13-20-7-5-6-8-21(20)14-24(23)28-25(31)19-11-12-19/h2-10,13-15,17,19H,11-12,16H2,1H3,(H,28,31). The molecule has 1 fully saturated rings. The number of para-hydroxylation sites is 1. The predicted octanol–water partition coefficient (Wildman–Crippen LogP) is 4.65. The average molecular weight is 425 g/mol. The number of hydrogen-bond donors (Lipinski definition) is 1. The summed E-state index contributed by atoms with van der Waals surface area (Å²) in [6.07, 6.45) is 5.52. The van der Waals surface area contributed by atoms with Crippen LogP contribution in [0.25, 0.3) is 16.5 Å². The number of carbonyl (C=O) groups is 2. The van der Waals surface area contributed by atoms with Crippen molar-refractivity contribution in [3.05, 3.63) is 90.3 Å². The van der Waals surface area contributed by atoms with Gasteiger partial charge in [-0.05, 0) is 47.9 Å². The summed E-state index contributed by atoms with van der Waals surface area (Å²) in [5.74, 6) is -0.0959. The third-order valence-electron chi connectivity index (χ3n) is 5.75. The predicted molar refractivity (Wildman–Crippen MR) is 125 cm³/mol. The van der Waals surface area contributed by atoms with Gasteiger partial charge in [-0.2, -0.15) is 5.10 Å². The van der Waals surface area contributed by atoms with Crippen LogP contribution >= 0.6 is 0 Å². The molecule has 0 radical (unpaired) electrons. The minimum atomic E-state index is -0.144. The van der Waals surface area contributed by atoms with Crippen LogP contribution in [0.1, 0.15) is 28.8 Å². The van der Waals surface area contributed by atoms with E-state index in [0.717, 1.165) is 34.9 Å². The molecule has 0 bridgehead atoms. The van der Waals surface area contributed by atoms with E-state index in [1.807, 2.05) is 72.9 Å². The number of carbonyl (C=O) groups excluding carboxylic acids is 2. The van der Waals surface area contributed by atoms with Gasteiger partial charge in [-0.1, -0.05) is 42.5 Å². The topological polar surface area (TPSA) is 67.2 Å². The van der Waals surface area contributed by atoms with Crippen LogP contribution in [0, 0.1) is 5.92 Å². The number of fused-ring (bicyclic) bond motifs is 1. The molecule has 0 unspecified atom stereocenters. The number of aromatic nitrogens is 2. The van der Waals surface area contributed by atoms with Crippen molar-refractivity contribution in [1.29, 1.82) is 0 Å². The first-order valence-electron chi connectivity index (χ1n) is 10.8. The molecular formula is C26H24N4O2. The first-order valence-corrected chi connectivity index (χ1v) is 10.8. The van der Waals surface area contributed by atoms with E-state index in [4.69, 9.17) is 0 Å². The lowest BCUT2D eigenvalue weighted by Gasteiger charge is -2.19.